The number of fused-ring (bicyclic) bond motifs is 2. The maximum atomic E-state index is 2.37. The van der Waals surface area contributed by atoms with E-state index in [1.54, 1.807) is 0 Å². The lowest BCUT2D eigenvalue weighted by molar-refractivity contribution is 0.763. The van der Waals surface area contributed by atoms with Crippen LogP contribution < -0.4 is 4.90 Å². The van der Waals surface area contributed by atoms with Crippen LogP contribution >= 0.6 is 0 Å². The first-order chi connectivity index (χ1) is 24.1. The quantitative estimate of drug-likeness (QED) is 0.169. The van der Waals surface area contributed by atoms with Crippen molar-refractivity contribution in [1.82, 2.24) is 0 Å². The number of hydrogen-bond donors (Lipinski definition) is 0. The third-order valence-electron chi connectivity index (χ3n) is 9.58. The molecule has 1 atom stereocenters. The van der Waals surface area contributed by atoms with Crippen molar-refractivity contribution in [3.05, 3.63) is 204 Å². The number of hydrogen-bond acceptors (Lipinski definition) is 1. The largest absolute Gasteiger partial charge is 0.310 e. The molecule has 0 aliphatic heterocycles. The topological polar surface area (TPSA) is 3.24 Å². The van der Waals surface area contributed by atoms with Gasteiger partial charge in [-0.25, -0.2) is 0 Å². The Kier molecular flexibility index (Phi) is 9.80. The summed E-state index contributed by atoms with van der Waals surface area (Å²) in [6.07, 6.45) is 7.88. The summed E-state index contributed by atoms with van der Waals surface area (Å²) in [7, 11) is 0. The molecule has 0 saturated carbocycles. The van der Waals surface area contributed by atoms with E-state index in [4.69, 9.17) is 0 Å². The van der Waals surface area contributed by atoms with E-state index in [2.05, 4.69) is 201 Å². The second kappa shape index (κ2) is 15.0. The molecule has 1 nitrogen and oxygen atoms in total. The highest BCUT2D eigenvalue weighted by atomic mass is 15.1. The molecule has 0 N–H and O–H groups in total. The van der Waals surface area contributed by atoms with Gasteiger partial charge in [-0.15, -0.1) is 0 Å². The average molecular weight is 634 g/mol. The van der Waals surface area contributed by atoms with Crippen LogP contribution in [-0.4, -0.2) is 0 Å². The Labute approximate surface area is 291 Å². The Hall–Kier alpha value is -5.66. The molecule has 0 saturated heterocycles. The highest BCUT2D eigenvalue weighted by Crippen LogP contribution is 2.40. The summed E-state index contributed by atoms with van der Waals surface area (Å²) in [4.78, 5) is 2.37. The minimum absolute atomic E-state index is 0.548. The second-order valence-electron chi connectivity index (χ2n) is 13.0. The third-order valence-corrected chi connectivity index (χ3v) is 9.58. The molecular formula is C48H43N. The van der Waals surface area contributed by atoms with Gasteiger partial charge in [0.25, 0.3) is 0 Å². The first-order valence-electron chi connectivity index (χ1n) is 17.5. The Morgan fingerprint density at radius 2 is 1.18 bits per heavy atom. The van der Waals surface area contributed by atoms with Crippen molar-refractivity contribution < 1.29 is 0 Å². The van der Waals surface area contributed by atoms with Gasteiger partial charge in [0.1, 0.15) is 0 Å². The van der Waals surface area contributed by atoms with Crippen LogP contribution in [0.5, 0.6) is 0 Å². The van der Waals surface area contributed by atoms with E-state index in [-0.39, 0.29) is 0 Å². The van der Waals surface area contributed by atoms with Crippen LogP contribution in [0.15, 0.2) is 176 Å². The molecule has 1 unspecified atom stereocenters. The first-order valence-corrected chi connectivity index (χ1v) is 17.5. The van der Waals surface area contributed by atoms with Crippen molar-refractivity contribution in [2.24, 2.45) is 0 Å². The second-order valence-corrected chi connectivity index (χ2v) is 13.0. The molecule has 0 aromatic heterocycles. The lowest BCUT2D eigenvalue weighted by Crippen LogP contribution is -2.12. The molecule has 1 aliphatic rings. The minimum atomic E-state index is 0.548. The van der Waals surface area contributed by atoms with E-state index < -0.39 is 0 Å². The molecule has 0 heterocycles. The molecule has 0 fully saturated rings. The number of nitrogens with zero attached hydrogens (tertiary/aromatic N) is 1. The van der Waals surface area contributed by atoms with Crippen LogP contribution in [0.1, 0.15) is 47.1 Å². The molecule has 7 aromatic rings. The van der Waals surface area contributed by atoms with Gasteiger partial charge < -0.3 is 4.90 Å². The average Bonchev–Trinajstić information content (AvgIpc) is 3.17. The summed E-state index contributed by atoms with van der Waals surface area (Å²) in [5.74, 6) is 0.548. The number of para-hydroxylation sites is 1. The third kappa shape index (κ3) is 7.42. The van der Waals surface area contributed by atoms with Crippen LogP contribution in [0.4, 0.5) is 17.1 Å². The van der Waals surface area contributed by atoms with Gasteiger partial charge in [0, 0.05) is 16.9 Å². The van der Waals surface area contributed by atoms with Crippen molar-refractivity contribution in [2.45, 2.75) is 39.0 Å². The Morgan fingerprint density at radius 1 is 0.571 bits per heavy atom. The van der Waals surface area contributed by atoms with E-state index in [1.807, 2.05) is 0 Å². The van der Waals surface area contributed by atoms with Crippen LogP contribution in [0.2, 0.25) is 0 Å². The zero-order valence-electron chi connectivity index (χ0n) is 28.5. The molecule has 0 spiro atoms. The van der Waals surface area contributed by atoms with Crippen molar-refractivity contribution >= 4 is 33.9 Å². The standard InChI is InChI=1S/C29H25N.C19H18/c1-22-14-16-23(17-15-22)24-18-20-27(21-19-24)30(26-10-3-2-4-11-26)29-13-7-9-25-8-5-6-12-28(25)29;1-15(16-8-3-2-4-9-16)14-18-12-7-11-17-10-5-6-13-19(17)18/h2-4,6-7,9-21H,5,8H2,1H3;2-13,15H,14H2,1H3. The Balaban J connectivity index is 0.000000171. The monoisotopic (exact) mass is 633 g/mol. The molecular weight excluding hydrogens is 591 g/mol. The molecule has 49 heavy (non-hydrogen) atoms. The molecule has 1 aliphatic carbocycles. The number of rotatable bonds is 7. The van der Waals surface area contributed by atoms with Crippen molar-refractivity contribution in [1.29, 1.82) is 0 Å². The van der Waals surface area contributed by atoms with Crippen LogP contribution in [0.3, 0.4) is 0 Å². The normalized spacial score (nSPS) is 12.4. The van der Waals surface area contributed by atoms with Crippen LogP contribution in [0, 0.1) is 6.92 Å². The zero-order chi connectivity index (χ0) is 33.4. The number of anilines is 3. The predicted octanol–water partition coefficient (Wildman–Crippen LogP) is 13.3. The van der Waals surface area contributed by atoms with Gasteiger partial charge in [-0.3, -0.25) is 0 Å². The van der Waals surface area contributed by atoms with E-state index in [0.29, 0.717) is 5.92 Å². The molecule has 240 valence electrons. The van der Waals surface area contributed by atoms with Gasteiger partial charge in [-0.05, 0) is 101 Å². The fraction of sp³-hybridized carbons (Fsp3) is 0.125. The Bertz CT molecular complexity index is 2140. The number of allylic oxidation sites excluding steroid dienone is 1. The van der Waals surface area contributed by atoms with E-state index in [0.717, 1.165) is 19.3 Å². The van der Waals surface area contributed by atoms with Gasteiger partial charge >= 0.3 is 0 Å². The summed E-state index contributed by atoms with van der Waals surface area (Å²) in [5, 5.41) is 2.72. The number of aryl methyl sites for hydroxylation is 2. The lowest BCUT2D eigenvalue weighted by Gasteiger charge is -2.29. The van der Waals surface area contributed by atoms with E-state index in [9.17, 15) is 0 Å². The highest BCUT2D eigenvalue weighted by Gasteiger charge is 2.18. The van der Waals surface area contributed by atoms with Gasteiger partial charge in [0.05, 0.1) is 5.69 Å². The molecule has 0 radical (unpaired) electrons. The van der Waals surface area contributed by atoms with Gasteiger partial charge in [-0.2, -0.15) is 0 Å². The van der Waals surface area contributed by atoms with E-state index >= 15 is 0 Å². The fourth-order valence-corrected chi connectivity index (χ4v) is 6.90. The summed E-state index contributed by atoms with van der Waals surface area (Å²) in [6.45, 7) is 4.43. The molecule has 0 bridgehead atoms. The maximum absolute atomic E-state index is 2.37. The van der Waals surface area contributed by atoms with Crippen LogP contribution in [0.25, 0.3) is 28.0 Å². The van der Waals surface area contributed by atoms with Gasteiger partial charge in [0.2, 0.25) is 0 Å². The SMILES string of the molecule is CC(Cc1cccc2ccccc12)c1ccccc1.Cc1ccc(-c2ccc(N(c3ccccc3)c3cccc4c3C=CCC4)cc2)cc1. The van der Waals surface area contributed by atoms with Gasteiger partial charge in [-0.1, -0.05) is 164 Å². The Morgan fingerprint density at radius 3 is 1.94 bits per heavy atom. The zero-order valence-corrected chi connectivity index (χ0v) is 28.5. The van der Waals surface area contributed by atoms with Crippen LogP contribution in [-0.2, 0) is 12.8 Å². The summed E-state index contributed by atoms with van der Waals surface area (Å²) < 4.78 is 0. The molecule has 8 rings (SSSR count). The molecule has 1 heteroatoms. The first kappa shape index (κ1) is 31.9. The summed E-state index contributed by atoms with van der Waals surface area (Å²) in [6, 6.07) is 60.9. The maximum Gasteiger partial charge on any atom is 0.0536 e. The fourth-order valence-electron chi connectivity index (χ4n) is 6.90. The van der Waals surface area contributed by atoms with Crippen molar-refractivity contribution in [3.63, 3.8) is 0 Å². The highest BCUT2D eigenvalue weighted by molar-refractivity contribution is 5.86. The summed E-state index contributed by atoms with van der Waals surface area (Å²) >= 11 is 0. The summed E-state index contributed by atoms with van der Waals surface area (Å²) in [5.41, 5.74) is 13.0. The van der Waals surface area contributed by atoms with E-state index in [1.165, 1.54) is 66.8 Å². The number of benzene rings is 7. The van der Waals surface area contributed by atoms with Crippen molar-refractivity contribution in [2.75, 3.05) is 4.90 Å². The molecule has 7 aromatic carbocycles. The predicted molar refractivity (Wildman–Crippen MR) is 211 cm³/mol. The molecule has 0 amide bonds. The lowest BCUT2D eigenvalue weighted by atomic mass is 9.91. The minimum Gasteiger partial charge on any atom is -0.310 e. The van der Waals surface area contributed by atoms with Gasteiger partial charge in [0.15, 0.2) is 0 Å². The van der Waals surface area contributed by atoms with Crippen molar-refractivity contribution in [3.8, 4) is 11.1 Å². The smallest absolute Gasteiger partial charge is 0.0536 e.